The van der Waals surface area contributed by atoms with Crippen LogP contribution < -0.4 is 5.32 Å². The van der Waals surface area contributed by atoms with Crippen LogP contribution in [0.25, 0.3) is 10.6 Å². The van der Waals surface area contributed by atoms with Gasteiger partial charge < -0.3 is 5.32 Å². The zero-order valence-electron chi connectivity index (χ0n) is 12.5. The zero-order valence-corrected chi connectivity index (χ0v) is 13.3. The number of amides is 1. The lowest BCUT2D eigenvalue weighted by Crippen LogP contribution is -2.23. The second-order valence-electron chi connectivity index (χ2n) is 5.02. The van der Waals surface area contributed by atoms with Crippen LogP contribution in [0.3, 0.4) is 0 Å². The van der Waals surface area contributed by atoms with Gasteiger partial charge in [0, 0.05) is 48.7 Å². The zero-order chi connectivity index (χ0) is 15.9. The number of carbonyl (C=O) groups is 1. The molecule has 6 heteroatoms. The van der Waals surface area contributed by atoms with Crippen LogP contribution in [0.5, 0.6) is 0 Å². The maximum atomic E-state index is 11.9. The molecule has 0 saturated carbocycles. The quantitative estimate of drug-likeness (QED) is 0.757. The van der Waals surface area contributed by atoms with Crippen LogP contribution in [0.1, 0.15) is 17.7 Å². The van der Waals surface area contributed by atoms with E-state index >= 15 is 0 Å². The predicted octanol–water partition coefficient (Wildman–Crippen LogP) is 2.85. The molecule has 3 aromatic rings. The number of rotatable bonds is 6. The number of nitrogens with one attached hydrogen (secondary N) is 1. The first-order chi connectivity index (χ1) is 11.3. The highest BCUT2D eigenvalue weighted by Crippen LogP contribution is 2.23. The Hall–Kier alpha value is -2.60. The summed E-state index contributed by atoms with van der Waals surface area (Å²) in [5.41, 5.74) is 2.93. The lowest BCUT2D eigenvalue weighted by atomic mass is 10.2. The van der Waals surface area contributed by atoms with Crippen LogP contribution >= 0.6 is 11.3 Å². The summed E-state index contributed by atoms with van der Waals surface area (Å²) < 4.78 is 0. The Morgan fingerprint density at radius 2 is 1.96 bits per heavy atom. The summed E-state index contributed by atoms with van der Waals surface area (Å²) in [5.74, 6) is 0.0183. The molecule has 0 unspecified atom stereocenters. The van der Waals surface area contributed by atoms with Crippen molar-refractivity contribution in [2.75, 3.05) is 0 Å². The van der Waals surface area contributed by atoms with Crippen LogP contribution in [0.2, 0.25) is 0 Å². The van der Waals surface area contributed by atoms with E-state index in [-0.39, 0.29) is 5.91 Å². The van der Waals surface area contributed by atoms with Gasteiger partial charge in [0.2, 0.25) is 5.91 Å². The van der Waals surface area contributed by atoms with Gasteiger partial charge in [0.15, 0.2) is 0 Å². The lowest BCUT2D eigenvalue weighted by molar-refractivity contribution is -0.121. The topological polar surface area (TPSA) is 67.8 Å². The van der Waals surface area contributed by atoms with Crippen molar-refractivity contribution in [3.8, 4) is 10.6 Å². The average Bonchev–Trinajstić information content (AvgIpc) is 3.09. The van der Waals surface area contributed by atoms with Crippen molar-refractivity contribution >= 4 is 17.2 Å². The standard InChI is InChI=1S/C17H16N4OS/c22-16(20-10-13-3-1-7-18-9-13)6-5-15-12-23-17(21-15)14-4-2-8-19-11-14/h1-4,7-9,11-12H,5-6,10H2,(H,20,22). The van der Waals surface area contributed by atoms with Crippen molar-refractivity contribution in [1.82, 2.24) is 20.3 Å². The third-order valence-corrected chi connectivity index (χ3v) is 4.22. The minimum absolute atomic E-state index is 0.0183. The summed E-state index contributed by atoms with van der Waals surface area (Å²) in [6.07, 6.45) is 8.06. The summed E-state index contributed by atoms with van der Waals surface area (Å²) in [6, 6.07) is 7.67. The predicted molar refractivity (Wildman–Crippen MR) is 89.7 cm³/mol. The van der Waals surface area contributed by atoms with Crippen molar-refractivity contribution in [1.29, 1.82) is 0 Å². The third kappa shape index (κ3) is 4.43. The van der Waals surface area contributed by atoms with Gasteiger partial charge >= 0.3 is 0 Å². The fourth-order valence-electron chi connectivity index (χ4n) is 2.08. The molecule has 0 aromatic carbocycles. The molecule has 23 heavy (non-hydrogen) atoms. The molecule has 3 aromatic heterocycles. The molecule has 0 atom stereocenters. The third-order valence-electron chi connectivity index (χ3n) is 3.28. The number of hydrogen-bond acceptors (Lipinski definition) is 5. The van der Waals surface area contributed by atoms with Gasteiger partial charge in [0.05, 0.1) is 5.69 Å². The highest BCUT2D eigenvalue weighted by atomic mass is 32.1. The molecule has 0 spiro atoms. The van der Waals surface area contributed by atoms with E-state index in [1.54, 1.807) is 36.1 Å². The summed E-state index contributed by atoms with van der Waals surface area (Å²) in [5, 5.41) is 5.83. The number of thiazole rings is 1. The van der Waals surface area contributed by atoms with Crippen LogP contribution in [-0.4, -0.2) is 20.9 Å². The average molecular weight is 324 g/mol. The molecule has 0 aliphatic carbocycles. The Kier molecular flexibility index (Phi) is 5.06. The van der Waals surface area contributed by atoms with Crippen molar-refractivity contribution in [3.63, 3.8) is 0 Å². The van der Waals surface area contributed by atoms with Crippen LogP contribution in [0, 0.1) is 0 Å². The van der Waals surface area contributed by atoms with E-state index in [2.05, 4.69) is 20.3 Å². The molecule has 3 heterocycles. The molecule has 0 aliphatic rings. The minimum Gasteiger partial charge on any atom is -0.352 e. The van der Waals surface area contributed by atoms with Gasteiger partial charge in [0.25, 0.3) is 0 Å². The van der Waals surface area contributed by atoms with E-state index in [1.807, 2.05) is 29.6 Å². The van der Waals surface area contributed by atoms with Crippen molar-refractivity contribution in [2.45, 2.75) is 19.4 Å². The Morgan fingerprint density at radius 3 is 2.70 bits per heavy atom. The molecule has 0 radical (unpaired) electrons. The molecule has 3 rings (SSSR count). The highest BCUT2D eigenvalue weighted by molar-refractivity contribution is 7.13. The molecule has 5 nitrogen and oxygen atoms in total. The van der Waals surface area contributed by atoms with Gasteiger partial charge in [-0.15, -0.1) is 11.3 Å². The smallest absolute Gasteiger partial charge is 0.220 e. The number of nitrogens with zero attached hydrogens (tertiary/aromatic N) is 3. The number of hydrogen-bond donors (Lipinski definition) is 1. The molecule has 0 fully saturated rings. The SMILES string of the molecule is O=C(CCc1csc(-c2cccnc2)n1)NCc1cccnc1. The fraction of sp³-hybridized carbons (Fsp3) is 0.176. The van der Waals surface area contributed by atoms with Gasteiger partial charge in [-0.05, 0) is 30.2 Å². The van der Waals surface area contributed by atoms with Gasteiger partial charge in [-0.25, -0.2) is 4.98 Å². The second kappa shape index (κ2) is 7.60. The Labute approximate surface area is 138 Å². The van der Waals surface area contributed by atoms with E-state index in [9.17, 15) is 4.79 Å². The summed E-state index contributed by atoms with van der Waals surface area (Å²) in [6.45, 7) is 0.505. The maximum Gasteiger partial charge on any atom is 0.220 e. The van der Waals surface area contributed by atoms with Gasteiger partial charge in [0.1, 0.15) is 5.01 Å². The monoisotopic (exact) mass is 324 g/mol. The molecule has 0 saturated heterocycles. The van der Waals surface area contributed by atoms with Crippen LogP contribution in [0.4, 0.5) is 0 Å². The minimum atomic E-state index is 0.0183. The molecule has 1 N–H and O–H groups in total. The van der Waals surface area contributed by atoms with E-state index < -0.39 is 0 Å². The largest absolute Gasteiger partial charge is 0.352 e. The lowest BCUT2D eigenvalue weighted by Gasteiger charge is -2.04. The van der Waals surface area contributed by atoms with E-state index in [1.165, 1.54) is 0 Å². The molecule has 0 aliphatic heterocycles. The number of aromatic nitrogens is 3. The molecular formula is C17H16N4OS. The Morgan fingerprint density at radius 1 is 1.13 bits per heavy atom. The van der Waals surface area contributed by atoms with E-state index in [0.717, 1.165) is 21.8 Å². The number of aryl methyl sites for hydroxylation is 1. The Balaban J connectivity index is 1.49. The first-order valence-corrected chi connectivity index (χ1v) is 8.19. The first kappa shape index (κ1) is 15.3. The normalized spacial score (nSPS) is 10.4. The maximum absolute atomic E-state index is 11.9. The number of pyridine rings is 2. The van der Waals surface area contributed by atoms with E-state index in [0.29, 0.717) is 19.4 Å². The molecular weight excluding hydrogens is 308 g/mol. The van der Waals surface area contributed by atoms with Crippen LogP contribution in [0.15, 0.2) is 54.4 Å². The van der Waals surface area contributed by atoms with Crippen molar-refractivity contribution in [2.24, 2.45) is 0 Å². The van der Waals surface area contributed by atoms with Crippen molar-refractivity contribution in [3.05, 3.63) is 65.7 Å². The summed E-state index contributed by atoms with van der Waals surface area (Å²) >= 11 is 1.57. The fourth-order valence-corrected chi connectivity index (χ4v) is 2.92. The molecule has 1 amide bonds. The summed E-state index contributed by atoms with van der Waals surface area (Å²) in [7, 11) is 0. The summed E-state index contributed by atoms with van der Waals surface area (Å²) in [4.78, 5) is 24.6. The molecule has 116 valence electrons. The first-order valence-electron chi connectivity index (χ1n) is 7.31. The van der Waals surface area contributed by atoms with Gasteiger partial charge in [-0.2, -0.15) is 0 Å². The van der Waals surface area contributed by atoms with Crippen molar-refractivity contribution < 1.29 is 4.79 Å². The van der Waals surface area contributed by atoms with Gasteiger partial charge in [-0.1, -0.05) is 6.07 Å². The van der Waals surface area contributed by atoms with E-state index in [4.69, 9.17) is 0 Å². The van der Waals surface area contributed by atoms with Gasteiger partial charge in [-0.3, -0.25) is 14.8 Å². The molecule has 0 bridgehead atoms. The second-order valence-corrected chi connectivity index (χ2v) is 5.88. The van der Waals surface area contributed by atoms with Crippen LogP contribution in [-0.2, 0) is 17.8 Å². The number of carbonyl (C=O) groups excluding carboxylic acids is 1. The highest BCUT2D eigenvalue weighted by Gasteiger charge is 2.07. The Bertz CT molecular complexity index is 759.